The van der Waals surface area contributed by atoms with E-state index in [4.69, 9.17) is 16.9 Å². The van der Waals surface area contributed by atoms with Crippen LogP contribution < -0.4 is 9.44 Å². The highest BCUT2D eigenvalue weighted by Gasteiger charge is 2.16. The van der Waals surface area contributed by atoms with Gasteiger partial charge in [-0.15, -0.1) is 0 Å². The average molecular weight is 442 g/mol. The Balaban J connectivity index is 2.06. The fourth-order valence-electron chi connectivity index (χ4n) is 2.39. The van der Waals surface area contributed by atoms with Gasteiger partial charge in [0.15, 0.2) is 0 Å². The van der Waals surface area contributed by atoms with Crippen LogP contribution in [-0.4, -0.2) is 22.9 Å². The van der Waals surface area contributed by atoms with Crippen LogP contribution in [0.25, 0.3) is 0 Å². The van der Waals surface area contributed by atoms with Crippen molar-refractivity contribution in [2.24, 2.45) is 0 Å². The van der Waals surface area contributed by atoms with Crippen molar-refractivity contribution in [3.63, 3.8) is 0 Å². The molecule has 0 unspecified atom stereocenters. The summed E-state index contributed by atoms with van der Waals surface area (Å²) in [5, 5.41) is 9.15. The summed E-state index contributed by atoms with van der Waals surface area (Å²) in [7, 11) is -7.25. The highest BCUT2D eigenvalue weighted by atomic mass is 35.5. The van der Waals surface area contributed by atoms with Gasteiger partial charge in [-0.05, 0) is 43.2 Å². The molecule has 0 saturated heterocycles. The highest BCUT2D eigenvalue weighted by molar-refractivity contribution is 7.89. The average Bonchev–Trinajstić information content (AvgIpc) is 2.60. The van der Waals surface area contributed by atoms with Crippen LogP contribution in [0.2, 0.25) is 5.02 Å². The first-order chi connectivity index (χ1) is 13.0. The van der Waals surface area contributed by atoms with Crippen molar-refractivity contribution in [3.05, 3.63) is 64.2 Å². The molecule has 2 rings (SSSR count). The molecular formula is C18H20ClN3O4S2. The van der Waals surface area contributed by atoms with Gasteiger partial charge < -0.3 is 0 Å². The summed E-state index contributed by atoms with van der Waals surface area (Å²) < 4.78 is 53.6. The molecule has 0 heterocycles. The number of benzene rings is 2. The maximum absolute atomic E-state index is 12.4. The maximum atomic E-state index is 12.4. The van der Waals surface area contributed by atoms with Gasteiger partial charge in [0.25, 0.3) is 0 Å². The van der Waals surface area contributed by atoms with Crippen molar-refractivity contribution >= 4 is 31.6 Å². The van der Waals surface area contributed by atoms with E-state index in [-0.39, 0.29) is 33.8 Å². The molecule has 0 fully saturated rings. The predicted molar refractivity (Wildman–Crippen MR) is 108 cm³/mol. The molecule has 0 spiro atoms. The second kappa shape index (κ2) is 9.03. The van der Waals surface area contributed by atoms with E-state index in [0.29, 0.717) is 11.1 Å². The number of hydrogen-bond donors (Lipinski definition) is 2. The molecule has 2 N–H and O–H groups in total. The van der Waals surface area contributed by atoms with Gasteiger partial charge in [-0.1, -0.05) is 35.9 Å². The maximum Gasteiger partial charge on any atom is 0.240 e. The fraction of sp³-hybridized carbons (Fsp3) is 0.278. The highest BCUT2D eigenvalue weighted by Crippen LogP contribution is 2.20. The summed E-state index contributed by atoms with van der Waals surface area (Å²) in [4.78, 5) is -0.0593. The Morgan fingerprint density at radius 2 is 1.64 bits per heavy atom. The first-order valence-electron chi connectivity index (χ1n) is 8.29. The van der Waals surface area contributed by atoms with Gasteiger partial charge in [0.1, 0.15) is 6.07 Å². The minimum Gasteiger partial charge on any atom is -0.212 e. The van der Waals surface area contributed by atoms with E-state index in [2.05, 4.69) is 9.44 Å². The zero-order valence-corrected chi connectivity index (χ0v) is 17.7. The van der Waals surface area contributed by atoms with Gasteiger partial charge in [-0.3, -0.25) is 0 Å². The lowest BCUT2D eigenvalue weighted by Crippen LogP contribution is -2.31. The van der Waals surface area contributed by atoms with E-state index in [0.717, 1.165) is 0 Å². The molecular weight excluding hydrogens is 422 g/mol. The lowest BCUT2D eigenvalue weighted by Gasteiger charge is -2.10. The molecule has 0 aliphatic rings. The predicted octanol–water partition coefficient (Wildman–Crippen LogP) is 2.52. The molecule has 2 aromatic carbocycles. The summed E-state index contributed by atoms with van der Waals surface area (Å²) in [6, 6.07) is 12.1. The van der Waals surface area contributed by atoms with E-state index >= 15 is 0 Å². The van der Waals surface area contributed by atoms with Crippen LogP contribution in [-0.2, 0) is 32.3 Å². The molecule has 0 aromatic heterocycles. The van der Waals surface area contributed by atoms with Gasteiger partial charge in [-0.25, -0.2) is 26.3 Å². The number of rotatable bonds is 8. The fourth-order valence-corrected chi connectivity index (χ4v) is 5.03. The molecule has 150 valence electrons. The Morgan fingerprint density at radius 3 is 2.21 bits per heavy atom. The number of nitriles is 1. The normalized spacial score (nSPS) is 12.1. The van der Waals surface area contributed by atoms with Crippen molar-refractivity contribution in [2.45, 2.75) is 37.1 Å². The SMILES string of the molecule is CC(C)NS(=O)(=O)Cc1ccc(CNS(=O)(=O)c2ccc(Cl)c(C#N)c2)cc1. The smallest absolute Gasteiger partial charge is 0.212 e. The largest absolute Gasteiger partial charge is 0.240 e. The summed E-state index contributed by atoms with van der Waals surface area (Å²) >= 11 is 5.82. The second-order valence-electron chi connectivity index (χ2n) is 6.43. The number of sulfonamides is 2. The number of halogens is 1. The van der Waals surface area contributed by atoms with Crippen LogP contribution >= 0.6 is 11.6 Å². The van der Waals surface area contributed by atoms with E-state index < -0.39 is 20.0 Å². The standard InChI is InChI=1S/C18H20ClN3O4S2/c1-13(2)22-27(23,24)12-15-5-3-14(4-6-15)11-21-28(25,26)17-7-8-18(19)16(9-17)10-20/h3-9,13,21-22H,11-12H2,1-2H3. The van der Waals surface area contributed by atoms with Crippen LogP contribution in [0.15, 0.2) is 47.4 Å². The minimum absolute atomic E-state index is 0.0180. The first-order valence-corrected chi connectivity index (χ1v) is 11.8. The Kier molecular flexibility index (Phi) is 7.20. The van der Waals surface area contributed by atoms with E-state index in [1.165, 1.54) is 18.2 Å². The van der Waals surface area contributed by atoms with Crippen LogP contribution in [0.5, 0.6) is 0 Å². The van der Waals surface area contributed by atoms with Gasteiger partial charge in [-0.2, -0.15) is 5.26 Å². The monoisotopic (exact) mass is 441 g/mol. The van der Waals surface area contributed by atoms with Gasteiger partial charge in [0.05, 0.1) is 21.2 Å². The van der Waals surface area contributed by atoms with Crippen molar-refractivity contribution in [1.82, 2.24) is 9.44 Å². The van der Waals surface area contributed by atoms with Crippen molar-refractivity contribution < 1.29 is 16.8 Å². The lowest BCUT2D eigenvalue weighted by molar-refractivity contribution is 0.569. The van der Waals surface area contributed by atoms with Gasteiger partial charge in [0.2, 0.25) is 20.0 Å². The van der Waals surface area contributed by atoms with Crippen molar-refractivity contribution in [1.29, 1.82) is 5.26 Å². The van der Waals surface area contributed by atoms with Gasteiger partial charge >= 0.3 is 0 Å². The third kappa shape index (κ3) is 6.29. The zero-order valence-electron chi connectivity index (χ0n) is 15.3. The molecule has 0 saturated carbocycles. The number of nitrogens with one attached hydrogen (secondary N) is 2. The Hall–Kier alpha value is -1.96. The van der Waals surface area contributed by atoms with Crippen molar-refractivity contribution in [3.8, 4) is 6.07 Å². The molecule has 0 radical (unpaired) electrons. The third-order valence-electron chi connectivity index (χ3n) is 3.63. The molecule has 0 amide bonds. The lowest BCUT2D eigenvalue weighted by atomic mass is 10.1. The van der Waals surface area contributed by atoms with E-state index in [1.54, 1.807) is 38.1 Å². The molecule has 10 heteroatoms. The molecule has 0 atom stereocenters. The first kappa shape index (κ1) is 22.3. The molecule has 0 aliphatic carbocycles. The summed E-state index contributed by atoms with van der Waals surface area (Å²) in [5.74, 6) is -0.154. The Labute approximate surface area is 170 Å². The molecule has 0 aliphatic heterocycles. The van der Waals surface area contributed by atoms with Crippen LogP contribution in [0.3, 0.4) is 0 Å². The molecule has 7 nitrogen and oxygen atoms in total. The molecule has 28 heavy (non-hydrogen) atoms. The van der Waals surface area contributed by atoms with Crippen LogP contribution in [0, 0.1) is 11.3 Å². The molecule has 0 bridgehead atoms. The minimum atomic E-state index is -3.83. The van der Waals surface area contributed by atoms with Crippen molar-refractivity contribution in [2.75, 3.05) is 0 Å². The van der Waals surface area contributed by atoms with Crippen LogP contribution in [0.4, 0.5) is 0 Å². The van der Waals surface area contributed by atoms with Crippen LogP contribution in [0.1, 0.15) is 30.5 Å². The number of hydrogen-bond acceptors (Lipinski definition) is 5. The molecule has 2 aromatic rings. The van der Waals surface area contributed by atoms with Gasteiger partial charge in [0, 0.05) is 12.6 Å². The Morgan fingerprint density at radius 1 is 1.04 bits per heavy atom. The van der Waals surface area contributed by atoms with E-state index in [9.17, 15) is 16.8 Å². The second-order valence-corrected chi connectivity index (χ2v) is 10.4. The van der Waals surface area contributed by atoms with E-state index in [1.807, 2.05) is 6.07 Å². The topological polar surface area (TPSA) is 116 Å². The Bertz CT molecular complexity index is 1090. The zero-order chi connectivity index (χ0) is 20.9. The summed E-state index contributed by atoms with van der Waals surface area (Å²) in [6.45, 7) is 3.50. The summed E-state index contributed by atoms with van der Waals surface area (Å²) in [6.07, 6.45) is 0. The third-order valence-corrected chi connectivity index (χ3v) is 6.90. The number of nitrogens with zero attached hydrogens (tertiary/aromatic N) is 1. The summed E-state index contributed by atoms with van der Waals surface area (Å²) in [5.41, 5.74) is 1.33. The quantitative estimate of drug-likeness (QED) is 0.652.